The van der Waals surface area contributed by atoms with Gasteiger partial charge >= 0.3 is 6.09 Å². The second kappa shape index (κ2) is 12.8. The van der Waals surface area contributed by atoms with Gasteiger partial charge in [-0.15, -0.1) is 0 Å². The summed E-state index contributed by atoms with van der Waals surface area (Å²) in [4.78, 5) is 63.7. The minimum absolute atomic E-state index is 0.000716. The van der Waals surface area contributed by atoms with Crippen LogP contribution in [0.2, 0.25) is 5.02 Å². The molecule has 1 saturated carbocycles. The quantitative estimate of drug-likeness (QED) is 0.377. The zero-order valence-electron chi connectivity index (χ0n) is 22.2. The topological polar surface area (TPSA) is 134 Å². The molecule has 0 radical (unpaired) electrons. The monoisotopic (exact) mass is 560 g/mol. The first kappa shape index (κ1) is 28.9. The normalized spacial score (nSPS) is 21.8. The molecule has 3 atom stereocenters. The Hall–Kier alpha value is -3.14. The molecular formula is C28H37ClN4O6. The number of carbonyl (C=O) groups is 5. The van der Waals surface area contributed by atoms with Gasteiger partial charge in [0.1, 0.15) is 18.9 Å². The van der Waals surface area contributed by atoms with Crippen LogP contribution in [0.15, 0.2) is 24.3 Å². The summed E-state index contributed by atoms with van der Waals surface area (Å²) in [5.41, 5.74) is 0.264. The molecule has 39 heavy (non-hydrogen) atoms. The van der Waals surface area contributed by atoms with E-state index in [4.69, 9.17) is 16.3 Å². The van der Waals surface area contributed by atoms with Crippen molar-refractivity contribution in [1.29, 1.82) is 0 Å². The van der Waals surface area contributed by atoms with Crippen LogP contribution in [0.5, 0.6) is 0 Å². The maximum atomic E-state index is 13.3. The van der Waals surface area contributed by atoms with Gasteiger partial charge in [0.2, 0.25) is 17.7 Å². The van der Waals surface area contributed by atoms with Crippen molar-refractivity contribution in [3.8, 4) is 0 Å². The fourth-order valence-corrected chi connectivity index (χ4v) is 6.18. The lowest BCUT2D eigenvalue weighted by molar-refractivity contribution is -0.138. The second-order valence-corrected chi connectivity index (χ2v) is 11.6. The molecule has 2 aliphatic heterocycles. The number of alkyl carbamates (subject to hydrolysis) is 1. The molecule has 212 valence electrons. The molecule has 1 spiro atoms. The third-order valence-electron chi connectivity index (χ3n) is 8.02. The average molecular weight is 561 g/mol. The minimum atomic E-state index is -0.884. The fraction of sp³-hybridized carbons (Fsp3) is 0.607. The highest BCUT2D eigenvalue weighted by Gasteiger charge is 2.52. The smallest absolute Gasteiger partial charge is 0.408 e. The molecule has 4 rings (SSSR count). The molecule has 3 fully saturated rings. The van der Waals surface area contributed by atoms with Gasteiger partial charge < -0.3 is 30.4 Å². The van der Waals surface area contributed by atoms with Crippen molar-refractivity contribution < 1.29 is 28.7 Å². The Morgan fingerprint density at radius 3 is 2.59 bits per heavy atom. The first-order chi connectivity index (χ1) is 18.7. The van der Waals surface area contributed by atoms with E-state index in [1.54, 1.807) is 29.2 Å². The molecule has 11 heteroatoms. The standard InChI is InChI=1S/C28H37ClN4O6/c1-18(35)33-16-28(17-33)13-21(25(36)32-28)12-23(14-34)30-26(37)24(11-19-6-3-2-4-7-19)31-27(38)39-15-20-8-5-9-22(29)10-20/h5,8-10,14,19,21,23-24H,2-4,6-7,11-13,15-17H2,1H3,(H,30,37)(H,31,38)(H,32,36)/t21?,23-,24-/m0/s1. The van der Waals surface area contributed by atoms with Crippen LogP contribution in [0.25, 0.3) is 0 Å². The van der Waals surface area contributed by atoms with Crippen LogP contribution < -0.4 is 16.0 Å². The van der Waals surface area contributed by atoms with Gasteiger partial charge in [0.05, 0.1) is 11.6 Å². The van der Waals surface area contributed by atoms with Crippen molar-refractivity contribution in [1.82, 2.24) is 20.9 Å². The van der Waals surface area contributed by atoms with E-state index in [-0.39, 0.29) is 30.8 Å². The Morgan fingerprint density at radius 1 is 1.18 bits per heavy atom. The predicted molar refractivity (Wildman–Crippen MR) is 144 cm³/mol. The van der Waals surface area contributed by atoms with Crippen LogP contribution in [0.3, 0.4) is 0 Å². The third-order valence-corrected chi connectivity index (χ3v) is 8.26. The number of hydrogen-bond acceptors (Lipinski definition) is 6. The lowest BCUT2D eigenvalue weighted by Gasteiger charge is -2.47. The molecular weight excluding hydrogens is 524 g/mol. The van der Waals surface area contributed by atoms with Crippen molar-refractivity contribution in [3.63, 3.8) is 0 Å². The van der Waals surface area contributed by atoms with Gasteiger partial charge in [0.25, 0.3) is 0 Å². The van der Waals surface area contributed by atoms with Gasteiger partial charge in [-0.2, -0.15) is 0 Å². The van der Waals surface area contributed by atoms with Gasteiger partial charge in [0, 0.05) is 31.0 Å². The van der Waals surface area contributed by atoms with Crippen molar-refractivity contribution in [2.45, 2.75) is 82.5 Å². The molecule has 4 amide bonds. The maximum Gasteiger partial charge on any atom is 0.408 e. The zero-order chi connectivity index (χ0) is 28.0. The molecule has 0 aromatic heterocycles. The van der Waals surface area contributed by atoms with Crippen LogP contribution in [0, 0.1) is 11.8 Å². The van der Waals surface area contributed by atoms with Crippen LogP contribution >= 0.6 is 11.6 Å². The Balaban J connectivity index is 1.34. The zero-order valence-corrected chi connectivity index (χ0v) is 23.0. The molecule has 1 unspecified atom stereocenters. The summed E-state index contributed by atoms with van der Waals surface area (Å²) in [6.07, 6.45) is 6.25. The molecule has 10 nitrogen and oxygen atoms in total. The number of rotatable bonds is 10. The SMILES string of the molecule is CC(=O)N1CC2(CC(C[C@@H](C=O)NC(=O)[C@H](CC3CCCCC3)NC(=O)OCc3cccc(Cl)c3)C(=O)N2)C1. The summed E-state index contributed by atoms with van der Waals surface area (Å²) in [5, 5.41) is 8.93. The predicted octanol–water partition coefficient (Wildman–Crippen LogP) is 2.72. The second-order valence-electron chi connectivity index (χ2n) is 11.2. The fourth-order valence-electron chi connectivity index (χ4n) is 5.97. The first-order valence-corrected chi connectivity index (χ1v) is 14.0. The van der Waals surface area contributed by atoms with E-state index < -0.39 is 35.5 Å². The summed E-state index contributed by atoms with van der Waals surface area (Å²) in [7, 11) is 0. The summed E-state index contributed by atoms with van der Waals surface area (Å²) in [5.74, 6) is -0.876. The average Bonchev–Trinajstić information content (AvgIpc) is 3.22. The van der Waals surface area contributed by atoms with Crippen molar-refractivity contribution >= 4 is 41.7 Å². The number of amides is 4. The minimum Gasteiger partial charge on any atom is -0.445 e. The molecule has 2 saturated heterocycles. The lowest BCUT2D eigenvalue weighted by Crippen LogP contribution is -2.68. The van der Waals surface area contributed by atoms with E-state index in [1.165, 1.54) is 6.92 Å². The molecule has 0 bridgehead atoms. The van der Waals surface area contributed by atoms with E-state index in [0.717, 1.165) is 37.7 Å². The highest BCUT2D eigenvalue weighted by Crippen LogP contribution is 2.35. The molecule has 1 aromatic carbocycles. The van der Waals surface area contributed by atoms with E-state index in [1.807, 2.05) is 0 Å². The van der Waals surface area contributed by atoms with Crippen molar-refractivity contribution in [3.05, 3.63) is 34.9 Å². The van der Waals surface area contributed by atoms with E-state index >= 15 is 0 Å². The number of aldehydes is 1. The number of benzene rings is 1. The van der Waals surface area contributed by atoms with Gasteiger partial charge in [0.15, 0.2) is 0 Å². The summed E-state index contributed by atoms with van der Waals surface area (Å²) in [6.45, 7) is 2.39. The molecule has 1 aromatic rings. The molecule has 1 aliphatic carbocycles. The highest BCUT2D eigenvalue weighted by atomic mass is 35.5. The van der Waals surface area contributed by atoms with E-state index in [2.05, 4.69) is 16.0 Å². The van der Waals surface area contributed by atoms with Crippen LogP contribution in [-0.4, -0.2) is 65.7 Å². The largest absolute Gasteiger partial charge is 0.445 e. The first-order valence-electron chi connectivity index (χ1n) is 13.7. The van der Waals surface area contributed by atoms with Gasteiger partial charge in [-0.05, 0) is 42.9 Å². The highest BCUT2D eigenvalue weighted by molar-refractivity contribution is 6.30. The maximum absolute atomic E-state index is 13.3. The van der Waals surface area contributed by atoms with Crippen molar-refractivity contribution in [2.24, 2.45) is 11.8 Å². The molecule has 2 heterocycles. The van der Waals surface area contributed by atoms with E-state index in [0.29, 0.717) is 37.2 Å². The number of hydrogen-bond donors (Lipinski definition) is 3. The Bertz CT molecular complexity index is 1090. The number of carbonyl (C=O) groups excluding carboxylic acids is 5. The van der Waals surface area contributed by atoms with Crippen LogP contribution in [0.1, 0.15) is 63.9 Å². The van der Waals surface area contributed by atoms with E-state index in [9.17, 15) is 24.0 Å². The van der Waals surface area contributed by atoms with Crippen LogP contribution in [-0.2, 0) is 30.5 Å². The molecule has 3 aliphatic rings. The lowest BCUT2D eigenvalue weighted by atomic mass is 9.83. The Labute approximate surface area is 233 Å². The van der Waals surface area contributed by atoms with Crippen LogP contribution in [0.4, 0.5) is 4.79 Å². The Morgan fingerprint density at radius 2 is 1.92 bits per heavy atom. The summed E-state index contributed by atoms with van der Waals surface area (Å²) < 4.78 is 5.33. The van der Waals surface area contributed by atoms with Gasteiger partial charge in [-0.3, -0.25) is 14.4 Å². The third kappa shape index (κ3) is 7.71. The number of ether oxygens (including phenoxy) is 1. The van der Waals surface area contributed by atoms with Gasteiger partial charge in [-0.1, -0.05) is 55.8 Å². The summed E-state index contributed by atoms with van der Waals surface area (Å²) >= 11 is 5.99. The summed E-state index contributed by atoms with van der Waals surface area (Å²) in [6, 6.07) is 5.20. The van der Waals surface area contributed by atoms with Crippen molar-refractivity contribution in [2.75, 3.05) is 13.1 Å². The van der Waals surface area contributed by atoms with Gasteiger partial charge in [-0.25, -0.2) is 4.79 Å². The number of likely N-dealkylation sites (tertiary alicyclic amines) is 1. The molecule has 3 N–H and O–H groups in total. The number of nitrogens with zero attached hydrogens (tertiary/aromatic N) is 1. The Kier molecular flexibility index (Phi) is 9.48. The number of halogens is 1. The number of nitrogens with one attached hydrogen (secondary N) is 3.